The topological polar surface area (TPSA) is 40.5 Å². The molecule has 1 aromatic rings. The van der Waals surface area contributed by atoms with E-state index in [2.05, 4.69) is 24.0 Å². The second-order valence-electron chi connectivity index (χ2n) is 4.42. The molecule has 0 aromatic carbocycles. The van der Waals surface area contributed by atoms with E-state index in [4.69, 9.17) is 5.11 Å². The Labute approximate surface area is 99.7 Å². The van der Waals surface area contributed by atoms with Crippen molar-refractivity contribution in [1.82, 2.24) is 4.90 Å². The van der Waals surface area contributed by atoms with Crippen molar-refractivity contribution in [2.75, 3.05) is 13.1 Å². The SMILES string of the molecule is Cc1ccc(CN2CCCC(C(=O)O)C2)s1. The minimum atomic E-state index is -0.646. The van der Waals surface area contributed by atoms with Gasteiger partial charge in [0.15, 0.2) is 0 Å². The number of thiophene rings is 1. The van der Waals surface area contributed by atoms with Crippen LogP contribution in [0.2, 0.25) is 0 Å². The van der Waals surface area contributed by atoms with Crippen molar-refractivity contribution in [3.63, 3.8) is 0 Å². The highest BCUT2D eigenvalue weighted by molar-refractivity contribution is 7.11. The summed E-state index contributed by atoms with van der Waals surface area (Å²) < 4.78 is 0. The highest BCUT2D eigenvalue weighted by Crippen LogP contribution is 2.22. The highest BCUT2D eigenvalue weighted by atomic mass is 32.1. The minimum Gasteiger partial charge on any atom is -0.481 e. The van der Waals surface area contributed by atoms with Crippen LogP contribution in [-0.4, -0.2) is 29.1 Å². The molecule has 0 radical (unpaired) electrons. The van der Waals surface area contributed by atoms with Gasteiger partial charge in [-0.25, -0.2) is 0 Å². The maximum absolute atomic E-state index is 10.9. The van der Waals surface area contributed by atoms with Gasteiger partial charge in [-0.15, -0.1) is 11.3 Å². The van der Waals surface area contributed by atoms with Crippen LogP contribution in [-0.2, 0) is 11.3 Å². The lowest BCUT2D eigenvalue weighted by molar-refractivity contribution is -0.143. The molecular formula is C12H17NO2S. The lowest BCUT2D eigenvalue weighted by atomic mass is 9.98. The Morgan fingerprint density at radius 3 is 3.06 bits per heavy atom. The summed E-state index contributed by atoms with van der Waals surface area (Å²) in [5.74, 6) is -0.818. The van der Waals surface area contributed by atoms with Gasteiger partial charge < -0.3 is 5.11 Å². The average molecular weight is 239 g/mol. The number of piperidine rings is 1. The van der Waals surface area contributed by atoms with Crippen molar-refractivity contribution < 1.29 is 9.90 Å². The predicted octanol–water partition coefficient (Wildman–Crippen LogP) is 2.35. The summed E-state index contributed by atoms with van der Waals surface area (Å²) in [4.78, 5) is 15.8. The van der Waals surface area contributed by atoms with Crippen LogP contribution in [0, 0.1) is 12.8 Å². The normalized spacial score (nSPS) is 22.2. The van der Waals surface area contributed by atoms with Crippen LogP contribution < -0.4 is 0 Å². The smallest absolute Gasteiger partial charge is 0.307 e. The summed E-state index contributed by atoms with van der Waals surface area (Å²) in [5.41, 5.74) is 0. The molecule has 0 spiro atoms. The molecule has 1 unspecified atom stereocenters. The van der Waals surface area contributed by atoms with E-state index in [-0.39, 0.29) is 5.92 Å². The number of aryl methyl sites for hydroxylation is 1. The molecule has 0 bridgehead atoms. The molecule has 0 saturated carbocycles. The van der Waals surface area contributed by atoms with Crippen molar-refractivity contribution in [3.05, 3.63) is 21.9 Å². The monoisotopic (exact) mass is 239 g/mol. The van der Waals surface area contributed by atoms with Crippen molar-refractivity contribution in [2.24, 2.45) is 5.92 Å². The van der Waals surface area contributed by atoms with Crippen LogP contribution in [0.15, 0.2) is 12.1 Å². The molecule has 1 aromatic heterocycles. The maximum Gasteiger partial charge on any atom is 0.307 e. The van der Waals surface area contributed by atoms with Gasteiger partial charge >= 0.3 is 5.97 Å². The lowest BCUT2D eigenvalue weighted by Crippen LogP contribution is -2.37. The summed E-state index contributed by atoms with van der Waals surface area (Å²) in [5, 5.41) is 9.00. The first-order valence-corrected chi connectivity index (χ1v) is 6.47. The summed E-state index contributed by atoms with van der Waals surface area (Å²) >= 11 is 1.80. The molecule has 1 saturated heterocycles. The molecule has 88 valence electrons. The van der Waals surface area contributed by atoms with E-state index < -0.39 is 5.97 Å². The number of carboxylic acids is 1. The number of nitrogens with zero attached hydrogens (tertiary/aromatic N) is 1. The van der Waals surface area contributed by atoms with E-state index in [1.807, 2.05) is 0 Å². The molecule has 0 aliphatic carbocycles. The van der Waals surface area contributed by atoms with Crippen LogP contribution in [0.5, 0.6) is 0 Å². The number of carbonyl (C=O) groups is 1. The number of aliphatic carboxylic acids is 1. The standard InChI is InChI=1S/C12H17NO2S/c1-9-4-5-11(16-9)8-13-6-2-3-10(7-13)12(14)15/h4-5,10H,2-3,6-8H2,1H3,(H,14,15). The third-order valence-corrected chi connectivity index (χ3v) is 4.02. The Hall–Kier alpha value is -0.870. The molecule has 2 heterocycles. The third kappa shape index (κ3) is 2.83. The van der Waals surface area contributed by atoms with Crippen LogP contribution in [0.4, 0.5) is 0 Å². The van der Waals surface area contributed by atoms with E-state index in [9.17, 15) is 4.79 Å². The predicted molar refractivity (Wildman–Crippen MR) is 64.7 cm³/mol. The number of rotatable bonds is 3. The zero-order valence-corrected chi connectivity index (χ0v) is 10.3. The van der Waals surface area contributed by atoms with Gasteiger partial charge in [-0.1, -0.05) is 0 Å². The third-order valence-electron chi connectivity index (χ3n) is 3.03. The van der Waals surface area contributed by atoms with Crippen molar-refractivity contribution in [1.29, 1.82) is 0 Å². The van der Waals surface area contributed by atoms with Crippen LogP contribution >= 0.6 is 11.3 Å². The Kier molecular flexibility index (Phi) is 3.61. The molecule has 1 N–H and O–H groups in total. The van der Waals surface area contributed by atoms with Crippen LogP contribution in [0.3, 0.4) is 0 Å². The molecule has 1 aliphatic rings. The van der Waals surface area contributed by atoms with E-state index in [1.165, 1.54) is 9.75 Å². The van der Waals surface area contributed by atoms with Gasteiger partial charge in [0.2, 0.25) is 0 Å². The fourth-order valence-electron chi connectivity index (χ4n) is 2.19. The molecule has 2 rings (SSSR count). The first-order chi connectivity index (χ1) is 7.65. The molecule has 3 nitrogen and oxygen atoms in total. The zero-order valence-electron chi connectivity index (χ0n) is 9.48. The van der Waals surface area contributed by atoms with Gasteiger partial charge in [0.05, 0.1) is 5.92 Å². The number of hydrogen-bond donors (Lipinski definition) is 1. The van der Waals surface area contributed by atoms with Crippen molar-refractivity contribution >= 4 is 17.3 Å². The Bertz CT molecular complexity index is 375. The molecule has 1 aliphatic heterocycles. The van der Waals surface area contributed by atoms with Gasteiger partial charge in [-0.2, -0.15) is 0 Å². The second-order valence-corrected chi connectivity index (χ2v) is 5.80. The van der Waals surface area contributed by atoms with Crippen LogP contribution in [0.1, 0.15) is 22.6 Å². The number of carboxylic acid groups (broad SMARTS) is 1. The van der Waals surface area contributed by atoms with E-state index in [1.54, 1.807) is 11.3 Å². The largest absolute Gasteiger partial charge is 0.481 e. The van der Waals surface area contributed by atoms with Crippen LogP contribution in [0.25, 0.3) is 0 Å². The van der Waals surface area contributed by atoms with Crippen molar-refractivity contribution in [2.45, 2.75) is 26.3 Å². The Morgan fingerprint density at radius 2 is 2.44 bits per heavy atom. The lowest BCUT2D eigenvalue weighted by Gasteiger charge is -2.30. The van der Waals surface area contributed by atoms with E-state index >= 15 is 0 Å². The summed E-state index contributed by atoms with van der Waals surface area (Å²) in [7, 11) is 0. The molecule has 1 atom stereocenters. The molecule has 1 fully saturated rings. The fraction of sp³-hybridized carbons (Fsp3) is 0.583. The van der Waals surface area contributed by atoms with Gasteiger partial charge in [0.1, 0.15) is 0 Å². The minimum absolute atomic E-state index is 0.171. The van der Waals surface area contributed by atoms with Crippen molar-refractivity contribution in [3.8, 4) is 0 Å². The first-order valence-electron chi connectivity index (χ1n) is 5.65. The van der Waals surface area contributed by atoms with Gasteiger partial charge in [-0.05, 0) is 38.4 Å². The van der Waals surface area contributed by atoms with E-state index in [0.29, 0.717) is 6.54 Å². The summed E-state index contributed by atoms with van der Waals surface area (Å²) in [6, 6.07) is 4.27. The number of hydrogen-bond acceptors (Lipinski definition) is 3. The Balaban J connectivity index is 1.92. The zero-order chi connectivity index (χ0) is 11.5. The number of likely N-dealkylation sites (tertiary alicyclic amines) is 1. The Morgan fingerprint density at radius 1 is 1.62 bits per heavy atom. The molecular weight excluding hydrogens is 222 g/mol. The highest BCUT2D eigenvalue weighted by Gasteiger charge is 2.25. The second kappa shape index (κ2) is 4.97. The first kappa shape index (κ1) is 11.6. The van der Waals surface area contributed by atoms with Gasteiger partial charge in [0.25, 0.3) is 0 Å². The van der Waals surface area contributed by atoms with E-state index in [0.717, 1.165) is 25.9 Å². The molecule has 16 heavy (non-hydrogen) atoms. The maximum atomic E-state index is 10.9. The van der Waals surface area contributed by atoms with Gasteiger partial charge in [-0.3, -0.25) is 9.69 Å². The summed E-state index contributed by atoms with van der Waals surface area (Å²) in [6.45, 7) is 4.74. The average Bonchev–Trinajstić information content (AvgIpc) is 2.64. The molecule has 4 heteroatoms. The van der Waals surface area contributed by atoms with Gasteiger partial charge in [0, 0.05) is 22.8 Å². The fourth-order valence-corrected chi connectivity index (χ4v) is 3.12. The molecule has 0 amide bonds. The quantitative estimate of drug-likeness (QED) is 0.880. The summed E-state index contributed by atoms with van der Waals surface area (Å²) in [6.07, 6.45) is 1.83.